The molecular formula is C13H18ClNO. The molecule has 88 valence electrons. The van der Waals surface area contributed by atoms with Crippen LogP contribution in [0, 0.1) is 0 Å². The number of nitrogens with one attached hydrogen (secondary N) is 1. The Morgan fingerprint density at radius 2 is 2.31 bits per heavy atom. The van der Waals surface area contributed by atoms with Crippen molar-refractivity contribution in [1.29, 1.82) is 0 Å². The zero-order valence-corrected chi connectivity index (χ0v) is 10.5. The molecule has 0 spiro atoms. The summed E-state index contributed by atoms with van der Waals surface area (Å²) in [4.78, 5) is 0. The summed E-state index contributed by atoms with van der Waals surface area (Å²) in [5.74, 6) is 0. The fraction of sp³-hybridized carbons (Fsp3) is 0.538. The second-order valence-corrected chi connectivity index (χ2v) is 4.85. The van der Waals surface area contributed by atoms with Crippen LogP contribution in [0.25, 0.3) is 0 Å². The highest BCUT2D eigenvalue weighted by atomic mass is 35.5. The third-order valence-corrected chi connectivity index (χ3v) is 3.42. The first kappa shape index (κ1) is 11.9. The van der Waals surface area contributed by atoms with Crippen LogP contribution in [0.4, 0.5) is 0 Å². The highest BCUT2D eigenvalue weighted by Gasteiger charge is 2.25. The molecule has 1 aliphatic heterocycles. The Hall–Kier alpha value is -0.570. The molecule has 1 N–H and O–H groups in total. The van der Waals surface area contributed by atoms with Gasteiger partial charge in [0.25, 0.3) is 0 Å². The minimum absolute atomic E-state index is 0.307. The van der Waals surface area contributed by atoms with Gasteiger partial charge in [-0.2, -0.15) is 0 Å². The first-order chi connectivity index (χ1) is 7.66. The van der Waals surface area contributed by atoms with Crippen LogP contribution in [-0.2, 0) is 4.74 Å². The topological polar surface area (TPSA) is 21.3 Å². The van der Waals surface area contributed by atoms with Crippen LogP contribution in [0.5, 0.6) is 0 Å². The Kier molecular flexibility index (Phi) is 3.85. The van der Waals surface area contributed by atoms with Crippen molar-refractivity contribution in [1.82, 2.24) is 5.32 Å². The largest absolute Gasteiger partial charge is 0.377 e. The van der Waals surface area contributed by atoms with Crippen LogP contribution in [-0.4, -0.2) is 18.8 Å². The van der Waals surface area contributed by atoms with Gasteiger partial charge >= 0.3 is 0 Å². The van der Waals surface area contributed by atoms with E-state index in [9.17, 15) is 0 Å². The van der Waals surface area contributed by atoms with Gasteiger partial charge in [0, 0.05) is 23.7 Å². The monoisotopic (exact) mass is 239 g/mol. The summed E-state index contributed by atoms with van der Waals surface area (Å²) in [7, 11) is 0. The third-order valence-electron chi connectivity index (χ3n) is 3.19. The van der Waals surface area contributed by atoms with Crippen LogP contribution >= 0.6 is 11.6 Å². The van der Waals surface area contributed by atoms with E-state index in [1.54, 1.807) is 0 Å². The maximum Gasteiger partial charge on any atom is 0.0700 e. The lowest BCUT2D eigenvalue weighted by Crippen LogP contribution is -2.36. The molecule has 1 aliphatic rings. The zero-order valence-electron chi connectivity index (χ0n) is 9.74. The normalized spacial score (nSPS) is 26.9. The lowest BCUT2D eigenvalue weighted by molar-refractivity contribution is 0.111. The molecule has 0 radical (unpaired) electrons. The summed E-state index contributed by atoms with van der Waals surface area (Å²) in [6.07, 6.45) is 1.40. The molecule has 16 heavy (non-hydrogen) atoms. The van der Waals surface area contributed by atoms with E-state index in [0.29, 0.717) is 18.2 Å². The van der Waals surface area contributed by atoms with Gasteiger partial charge in [-0.25, -0.2) is 0 Å². The van der Waals surface area contributed by atoms with Crippen LogP contribution in [0.3, 0.4) is 0 Å². The standard InChI is InChI=1S/C13H18ClNO/c1-9(11-4-3-5-12(14)8-11)15-13-6-7-16-10(13)2/h3-5,8-10,13,15H,6-7H2,1-2H3/t9-,10?,13?/m1/s1. The van der Waals surface area contributed by atoms with Gasteiger partial charge in [0.05, 0.1) is 6.10 Å². The minimum atomic E-state index is 0.307. The van der Waals surface area contributed by atoms with E-state index in [1.807, 2.05) is 18.2 Å². The summed E-state index contributed by atoms with van der Waals surface area (Å²) in [5.41, 5.74) is 1.23. The molecule has 1 heterocycles. The first-order valence-corrected chi connectivity index (χ1v) is 6.17. The highest BCUT2D eigenvalue weighted by molar-refractivity contribution is 6.30. The molecule has 0 amide bonds. The molecule has 2 rings (SSSR count). The van der Waals surface area contributed by atoms with Gasteiger partial charge in [0.15, 0.2) is 0 Å². The third kappa shape index (κ3) is 2.76. The molecule has 1 fully saturated rings. The summed E-state index contributed by atoms with van der Waals surface area (Å²) in [5, 5.41) is 4.38. The smallest absolute Gasteiger partial charge is 0.0700 e. The van der Waals surface area contributed by atoms with E-state index < -0.39 is 0 Å². The molecular weight excluding hydrogens is 222 g/mol. The van der Waals surface area contributed by atoms with E-state index in [0.717, 1.165) is 18.1 Å². The van der Waals surface area contributed by atoms with E-state index in [4.69, 9.17) is 16.3 Å². The van der Waals surface area contributed by atoms with E-state index in [1.165, 1.54) is 5.56 Å². The van der Waals surface area contributed by atoms with Gasteiger partial charge < -0.3 is 10.1 Å². The number of halogens is 1. The van der Waals surface area contributed by atoms with Crippen molar-refractivity contribution in [2.75, 3.05) is 6.61 Å². The average Bonchev–Trinajstić information content (AvgIpc) is 2.64. The Morgan fingerprint density at radius 3 is 2.94 bits per heavy atom. The van der Waals surface area contributed by atoms with Gasteiger partial charge in [-0.05, 0) is 38.0 Å². The van der Waals surface area contributed by atoms with Crippen molar-refractivity contribution in [3.63, 3.8) is 0 Å². The molecule has 1 aromatic carbocycles. The lowest BCUT2D eigenvalue weighted by atomic mass is 10.1. The van der Waals surface area contributed by atoms with Crippen molar-refractivity contribution in [3.8, 4) is 0 Å². The summed E-state index contributed by atoms with van der Waals surface area (Å²) < 4.78 is 5.54. The van der Waals surface area contributed by atoms with Crippen molar-refractivity contribution < 1.29 is 4.74 Å². The Balaban J connectivity index is 1.99. The number of hydrogen-bond donors (Lipinski definition) is 1. The molecule has 1 aromatic rings. The van der Waals surface area contributed by atoms with Gasteiger partial charge in [-0.3, -0.25) is 0 Å². The van der Waals surface area contributed by atoms with Gasteiger partial charge in [-0.1, -0.05) is 23.7 Å². The summed E-state index contributed by atoms with van der Waals surface area (Å²) in [6.45, 7) is 5.15. The Morgan fingerprint density at radius 1 is 1.50 bits per heavy atom. The predicted octanol–water partition coefficient (Wildman–Crippen LogP) is 3.17. The van der Waals surface area contributed by atoms with Crippen molar-refractivity contribution in [3.05, 3.63) is 34.9 Å². The molecule has 0 aromatic heterocycles. The maximum absolute atomic E-state index is 5.98. The Bertz CT molecular complexity index is 356. The number of benzene rings is 1. The minimum Gasteiger partial charge on any atom is -0.377 e. The molecule has 0 bridgehead atoms. The quantitative estimate of drug-likeness (QED) is 0.875. The predicted molar refractivity (Wildman–Crippen MR) is 66.8 cm³/mol. The lowest BCUT2D eigenvalue weighted by Gasteiger charge is -2.22. The van der Waals surface area contributed by atoms with Crippen LogP contribution in [0.2, 0.25) is 5.02 Å². The fourth-order valence-electron chi connectivity index (χ4n) is 2.14. The van der Waals surface area contributed by atoms with Crippen molar-refractivity contribution >= 4 is 11.6 Å². The maximum atomic E-state index is 5.98. The van der Waals surface area contributed by atoms with E-state index >= 15 is 0 Å². The zero-order chi connectivity index (χ0) is 11.5. The van der Waals surface area contributed by atoms with E-state index in [-0.39, 0.29) is 0 Å². The molecule has 0 aliphatic carbocycles. The van der Waals surface area contributed by atoms with Crippen LogP contribution in [0.15, 0.2) is 24.3 Å². The number of hydrogen-bond acceptors (Lipinski definition) is 2. The van der Waals surface area contributed by atoms with Crippen LogP contribution in [0.1, 0.15) is 31.9 Å². The summed E-state index contributed by atoms with van der Waals surface area (Å²) >= 11 is 5.98. The van der Waals surface area contributed by atoms with Gasteiger partial charge in [0.2, 0.25) is 0 Å². The second kappa shape index (κ2) is 5.17. The average molecular weight is 240 g/mol. The molecule has 3 atom stereocenters. The van der Waals surface area contributed by atoms with Crippen molar-refractivity contribution in [2.24, 2.45) is 0 Å². The van der Waals surface area contributed by atoms with Crippen molar-refractivity contribution in [2.45, 2.75) is 38.5 Å². The van der Waals surface area contributed by atoms with Gasteiger partial charge in [-0.15, -0.1) is 0 Å². The summed E-state index contributed by atoms with van der Waals surface area (Å²) in [6, 6.07) is 8.77. The number of ether oxygens (including phenoxy) is 1. The number of rotatable bonds is 3. The second-order valence-electron chi connectivity index (χ2n) is 4.41. The van der Waals surface area contributed by atoms with E-state index in [2.05, 4.69) is 25.2 Å². The molecule has 2 unspecified atom stereocenters. The molecule has 3 heteroatoms. The van der Waals surface area contributed by atoms with Gasteiger partial charge in [0.1, 0.15) is 0 Å². The highest BCUT2D eigenvalue weighted by Crippen LogP contribution is 2.21. The fourth-order valence-corrected chi connectivity index (χ4v) is 2.34. The molecule has 0 saturated carbocycles. The SMILES string of the molecule is CC1OCCC1N[C@H](C)c1cccc(Cl)c1. The molecule has 2 nitrogen and oxygen atoms in total. The van der Waals surface area contributed by atoms with Crippen LogP contribution < -0.4 is 5.32 Å². The first-order valence-electron chi connectivity index (χ1n) is 5.80. The Labute approximate surface area is 102 Å². The molecule has 1 saturated heterocycles.